The fourth-order valence-electron chi connectivity index (χ4n) is 3.16. The van der Waals surface area contributed by atoms with Crippen LogP contribution in [-0.4, -0.2) is 52.7 Å². The van der Waals surface area contributed by atoms with E-state index < -0.39 is 12.0 Å². The van der Waals surface area contributed by atoms with E-state index >= 15 is 0 Å². The Kier molecular flexibility index (Phi) is 4.69. The Morgan fingerprint density at radius 1 is 1.46 bits per heavy atom. The number of methoxy groups -OCH3 is 1. The van der Waals surface area contributed by atoms with E-state index in [2.05, 4.69) is 4.98 Å². The first-order valence-corrected chi connectivity index (χ1v) is 7.97. The number of aliphatic carboxylic acids is 1. The van der Waals surface area contributed by atoms with Gasteiger partial charge in [-0.2, -0.15) is 0 Å². The van der Waals surface area contributed by atoms with Crippen LogP contribution < -0.4 is 0 Å². The lowest BCUT2D eigenvalue weighted by atomic mass is 10.1. The third-order valence-corrected chi connectivity index (χ3v) is 4.50. The maximum Gasteiger partial charge on any atom is 0.305 e. The van der Waals surface area contributed by atoms with Gasteiger partial charge < -0.3 is 14.7 Å². The molecule has 1 aromatic carbocycles. The molecule has 1 amide bonds. The number of hydrogen-bond acceptors (Lipinski definition) is 4. The summed E-state index contributed by atoms with van der Waals surface area (Å²) in [6.45, 7) is 0.355. The van der Waals surface area contributed by atoms with Crippen LogP contribution in [0.1, 0.15) is 23.2 Å². The minimum atomic E-state index is -0.941. The molecule has 1 fully saturated rings. The highest BCUT2D eigenvalue weighted by Gasteiger charge is 2.37. The van der Waals surface area contributed by atoms with Crippen molar-refractivity contribution in [2.24, 2.45) is 0 Å². The molecule has 1 N–H and O–H groups in total. The van der Waals surface area contributed by atoms with E-state index in [1.807, 2.05) is 6.07 Å². The summed E-state index contributed by atoms with van der Waals surface area (Å²) in [7, 11) is 1.56. The molecule has 0 radical (unpaired) electrons. The Morgan fingerprint density at radius 3 is 2.96 bits per heavy atom. The second kappa shape index (κ2) is 6.75. The van der Waals surface area contributed by atoms with Crippen molar-refractivity contribution in [2.45, 2.75) is 25.0 Å². The monoisotopic (exact) mass is 348 g/mol. The molecular weight excluding hydrogens is 332 g/mol. The van der Waals surface area contributed by atoms with Gasteiger partial charge in [-0.15, -0.1) is 0 Å². The molecule has 126 valence electrons. The Labute approximate surface area is 144 Å². The average molecular weight is 349 g/mol. The molecule has 6 nitrogen and oxygen atoms in total. The molecular formula is C17H17ClN2O4. The summed E-state index contributed by atoms with van der Waals surface area (Å²) >= 11 is 6.13. The predicted molar refractivity (Wildman–Crippen MR) is 89.2 cm³/mol. The molecule has 2 aromatic rings. The number of fused-ring (bicyclic) bond motifs is 1. The highest BCUT2D eigenvalue weighted by atomic mass is 35.5. The number of carbonyl (C=O) groups is 2. The van der Waals surface area contributed by atoms with Gasteiger partial charge in [-0.05, 0) is 24.6 Å². The Hall–Kier alpha value is -2.18. The first-order valence-electron chi connectivity index (χ1n) is 7.59. The molecule has 7 heteroatoms. The predicted octanol–water partition coefficient (Wildman–Crippen LogP) is 2.59. The van der Waals surface area contributed by atoms with Gasteiger partial charge in [0.15, 0.2) is 0 Å². The molecule has 3 rings (SSSR count). The molecule has 2 unspecified atom stereocenters. The van der Waals surface area contributed by atoms with Gasteiger partial charge in [0.2, 0.25) is 0 Å². The fraction of sp³-hybridized carbons (Fsp3) is 0.353. The number of aromatic nitrogens is 1. The topological polar surface area (TPSA) is 79.7 Å². The van der Waals surface area contributed by atoms with Crippen molar-refractivity contribution in [3.63, 3.8) is 0 Å². The lowest BCUT2D eigenvalue weighted by molar-refractivity contribution is -0.137. The second-order valence-corrected chi connectivity index (χ2v) is 6.27. The van der Waals surface area contributed by atoms with Gasteiger partial charge in [-0.3, -0.25) is 14.6 Å². The molecule has 24 heavy (non-hydrogen) atoms. The maximum atomic E-state index is 13.0. The quantitative estimate of drug-likeness (QED) is 0.918. The number of ether oxygens (including phenoxy) is 1. The van der Waals surface area contributed by atoms with Gasteiger partial charge in [-0.1, -0.05) is 17.7 Å². The number of nitrogens with zero attached hydrogens (tertiary/aromatic N) is 2. The summed E-state index contributed by atoms with van der Waals surface area (Å²) < 4.78 is 5.32. The normalized spacial score (nSPS) is 20.5. The van der Waals surface area contributed by atoms with Crippen LogP contribution in [0.5, 0.6) is 0 Å². The van der Waals surface area contributed by atoms with Crippen LogP contribution in [0.25, 0.3) is 10.9 Å². The molecule has 2 heterocycles. The van der Waals surface area contributed by atoms with Crippen molar-refractivity contribution in [3.8, 4) is 0 Å². The minimum absolute atomic E-state index is 0.114. The van der Waals surface area contributed by atoms with E-state index in [1.165, 1.54) is 0 Å². The zero-order valence-corrected chi connectivity index (χ0v) is 13.9. The number of likely N-dealkylation sites (tertiary alicyclic amines) is 1. The summed E-state index contributed by atoms with van der Waals surface area (Å²) in [5.41, 5.74) is 0.937. The number of halogens is 1. The van der Waals surface area contributed by atoms with Crippen molar-refractivity contribution < 1.29 is 19.4 Å². The van der Waals surface area contributed by atoms with Gasteiger partial charge in [-0.25, -0.2) is 0 Å². The van der Waals surface area contributed by atoms with Crippen LogP contribution in [0.4, 0.5) is 0 Å². The molecule has 2 atom stereocenters. The summed E-state index contributed by atoms with van der Waals surface area (Å²) in [4.78, 5) is 30.0. The van der Waals surface area contributed by atoms with Crippen LogP contribution in [0, 0.1) is 0 Å². The largest absolute Gasteiger partial charge is 0.481 e. The number of benzene rings is 1. The van der Waals surface area contributed by atoms with Gasteiger partial charge in [0, 0.05) is 36.3 Å². The lowest BCUT2D eigenvalue weighted by Crippen LogP contribution is -2.37. The van der Waals surface area contributed by atoms with Crippen molar-refractivity contribution in [1.82, 2.24) is 9.88 Å². The average Bonchev–Trinajstić information content (AvgIpc) is 2.95. The number of rotatable bonds is 4. The summed E-state index contributed by atoms with van der Waals surface area (Å²) in [6, 6.07) is 6.53. The first-order chi connectivity index (χ1) is 11.5. The van der Waals surface area contributed by atoms with Crippen molar-refractivity contribution >= 4 is 34.4 Å². The smallest absolute Gasteiger partial charge is 0.305 e. The fourth-order valence-corrected chi connectivity index (χ4v) is 3.39. The van der Waals surface area contributed by atoms with Crippen LogP contribution >= 0.6 is 11.6 Å². The van der Waals surface area contributed by atoms with E-state index in [0.717, 1.165) is 5.39 Å². The zero-order chi connectivity index (χ0) is 17.3. The lowest BCUT2D eigenvalue weighted by Gasteiger charge is -2.23. The molecule has 1 aliphatic heterocycles. The standard InChI is InChI=1S/C17H17ClN2O4/c1-24-13-7-12(8-15(21)22)20(9-13)17(23)14-6-11(18)5-10-3-2-4-19-16(10)14/h2-6,12-13H,7-9H2,1H3,(H,21,22). The first kappa shape index (κ1) is 16.7. The molecule has 0 spiro atoms. The van der Waals surface area contributed by atoms with E-state index in [1.54, 1.807) is 36.4 Å². The van der Waals surface area contributed by atoms with Crippen LogP contribution in [-0.2, 0) is 9.53 Å². The van der Waals surface area contributed by atoms with E-state index in [4.69, 9.17) is 21.4 Å². The number of carboxylic acid groups (broad SMARTS) is 1. The molecule has 0 aliphatic carbocycles. The molecule has 0 saturated carbocycles. The van der Waals surface area contributed by atoms with Gasteiger partial charge in [0.25, 0.3) is 5.91 Å². The SMILES string of the molecule is COC1CC(CC(=O)O)N(C(=O)c2cc(Cl)cc3cccnc23)C1. The van der Waals surface area contributed by atoms with Gasteiger partial charge >= 0.3 is 5.97 Å². The molecule has 1 saturated heterocycles. The molecule has 1 aliphatic rings. The van der Waals surface area contributed by atoms with Crippen LogP contribution in [0.3, 0.4) is 0 Å². The van der Waals surface area contributed by atoms with Gasteiger partial charge in [0.05, 0.1) is 23.6 Å². The number of amides is 1. The van der Waals surface area contributed by atoms with Crippen molar-refractivity contribution in [1.29, 1.82) is 0 Å². The van der Waals surface area contributed by atoms with E-state index in [-0.39, 0.29) is 18.4 Å². The zero-order valence-electron chi connectivity index (χ0n) is 13.1. The number of carboxylic acids is 1. The molecule has 1 aromatic heterocycles. The summed E-state index contributed by atoms with van der Waals surface area (Å²) in [6.07, 6.45) is 1.83. The number of pyridine rings is 1. The third kappa shape index (κ3) is 3.20. The van der Waals surface area contributed by atoms with E-state index in [9.17, 15) is 9.59 Å². The van der Waals surface area contributed by atoms with Crippen LogP contribution in [0.2, 0.25) is 5.02 Å². The molecule has 0 bridgehead atoms. The second-order valence-electron chi connectivity index (χ2n) is 5.83. The highest BCUT2D eigenvalue weighted by molar-refractivity contribution is 6.32. The Morgan fingerprint density at radius 2 is 2.25 bits per heavy atom. The third-order valence-electron chi connectivity index (χ3n) is 4.28. The highest BCUT2D eigenvalue weighted by Crippen LogP contribution is 2.28. The van der Waals surface area contributed by atoms with Crippen molar-refractivity contribution in [3.05, 3.63) is 41.0 Å². The number of carbonyl (C=O) groups excluding carboxylic acids is 1. The number of hydrogen-bond donors (Lipinski definition) is 1. The Balaban J connectivity index is 1.99. The maximum absolute atomic E-state index is 13.0. The Bertz CT molecular complexity index is 795. The van der Waals surface area contributed by atoms with Crippen LogP contribution in [0.15, 0.2) is 30.5 Å². The van der Waals surface area contributed by atoms with Gasteiger partial charge in [0.1, 0.15) is 0 Å². The van der Waals surface area contributed by atoms with E-state index in [0.29, 0.717) is 29.1 Å². The minimum Gasteiger partial charge on any atom is -0.481 e. The summed E-state index contributed by atoms with van der Waals surface area (Å²) in [5, 5.41) is 10.3. The van der Waals surface area contributed by atoms with Crippen molar-refractivity contribution in [2.75, 3.05) is 13.7 Å². The summed E-state index contributed by atoms with van der Waals surface area (Å²) in [5.74, 6) is -1.21.